The maximum atomic E-state index is 12.9. The predicted octanol–water partition coefficient (Wildman–Crippen LogP) is -0.910. The van der Waals surface area contributed by atoms with Crippen LogP contribution in [0.5, 0.6) is 0 Å². The fraction of sp³-hybridized carbons (Fsp3) is 0.950. The first kappa shape index (κ1) is 28.8. The van der Waals surface area contributed by atoms with E-state index in [4.69, 9.17) is 33.2 Å². The molecule has 0 saturated carbocycles. The second-order valence-electron chi connectivity index (χ2n) is 7.98. The van der Waals surface area contributed by atoms with E-state index in [2.05, 4.69) is 15.9 Å². The minimum atomic E-state index is -1.62. The number of halogens is 1. The minimum absolute atomic E-state index is 0.226. The van der Waals surface area contributed by atoms with E-state index in [1.54, 1.807) is 0 Å². The molecule has 0 aliphatic carbocycles. The summed E-state index contributed by atoms with van der Waals surface area (Å²) in [7, 11) is 5.54. The number of hydrogen-bond donors (Lipinski definition) is 4. The second-order valence-corrected chi connectivity index (χ2v) is 9.29. The van der Waals surface area contributed by atoms with Crippen molar-refractivity contribution < 1.29 is 58.4 Å². The molecule has 10 atom stereocenters. The Bertz CT molecular complexity index is 620. The third-order valence-corrected chi connectivity index (χ3v) is 7.56. The minimum Gasteiger partial charge on any atom is -0.468 e. The van der Waals surface area contributed by atoms with Crippen LogP contribution in [0.2, 0.25) is 0 Å². The average molecular weight is 547 g/mol. The summed E-state index contributed by atoms with van der Waals surface area (Å²) in [6.45, 7) is 1.25. The smallest absolute Gasteiger partial charge is 0.328 e. The zero-order chi connectivity index (χ0) is 24.9. The molecule has 0 aromatic heterocycles. The highest BCUT2D eigenvalue weighted by molar-refractivity contribution is 9.10. The molecule has 2 aliphatic heterocycles. The molecule has 0 amide bonds. The molecule has 13 heteroatoms. The second kappa shape index (κ2) is 12.5. The van der Waals surface area contributed by atoms with E-state index in [0.29, 0.717) is 6.42 Å². The van der Waals surface area contributed by atoms with E-state index < -0.39 is 78.3 Å². The quantitative estimate of drug-likeness (QED) is 0.152. The van der Waals surface area contributed by atoms with Crippen LogP contribution in [0.4, 0.5) is 0 Å². The summed E-state index contributed by atoms with van der Waals surface area (Å²) in [6.07, 6.45) is -9.59. The van der Waals surface area contributed by atoms with Gasteiger partial charge in [-0.2, -0.15) is 0 Å². The summed E-state index contributed by atoms with van der Waals surface area (Å²) in [5, 5.41) is 40.0. The van der Waals surface area contributed by atoms with Gasteiger partial charge in [0.1, 0.15) is 24.4 Å². The lowest BCUT2D eigenvalue weighted by Gasteiger charge is -2.51. The number of methoxy groups -OCH3 is 4. The van der Waals surface area contributed by atoms with Crippen LogP contribution < -0.4 is 0 Å². The molecule has 2 heterocycles. The first-order chi connectivity index (χ1) is 15.6. The van der Waals surface area contributed by atoms with Gasteiger partial charge >= 0.3 is 5.97 Å². The van der Waals surface area contributed by atoms with E-state index >= 15 is 0 Å². The fourth-order valence-electron chi connectivity index (χ4n) is 4.39. The molecule has 0 radical (unpaired) electrons. The summed E-state index contributed by atoms with van der Waals surface area (Å²) >= 11 is 3.51. The summed E-state index contributed by atoms with van der Waals surface area (Å²) < 4.78 is 37.1. The zero-order valence-corrected chi connectivity index (χ0v) is 20.9. The molecule has 4 N–H and O–H groups in total. The lowest BCUT2D eigenvalue weighted by Crippen LogP contribution is -2.65. The Labute approximate surface area is 201 Å². The van der Waals surface area contributed by atoms with Crippen molar-refractivity contribution in [1.29, 1.82) is 0 Å². The first-order valence-electron chi connectivity index (χ1n) is 10.6. The van der Waals surface area contributed by atoms with E-state index in [1.807, 2.05) is 6.92 Å². The number of ether oxygens (including phenoxy) is 7. The predicted molar refractivity (Wildman–Crippen MR) is 114 cm³/mol. The maximum Gasteiger partial charge on any atom is 0.328 e. The number of carbonyl (C=O) groups excluding carboxylic acids is 1. The van der Waals surface area contributed by atoms with Gasteiger partial charge in [-0.15, -0.1) is 0 Å². The lowest BCUT2D eigenvalue weighted by atomic mass is 9.74. The molecule has 2 fully saturated rings. The summed E-state index contributed by atoms with van der Waals surface area (Å²) in [6, 6.07) is 0. The molecule has 0 aromatic carbocycles. The molecule has 0 bridgehead atoms. The number of esters is 1. The van der Waals surface area contributed by atoms with Crippen LogP contribution in [0, 0.1) is 11.8 Å². The Morgan fingerprint density at radius 3 is 2.15 bits per heavy atom. The average Bonchev–Trinajstić information content (AvgIpc) is 2.83. The van der Waals surface area contributed by atoms with Crippen LogP contribution in [0.1, 0.15) is 19.8 Å². The molecule has 12 nitrogen and oxygen atoms in total. The van der Waals surface area contributed by atoms with Crippen LogP contribution in [0.25, 0.3) is 0 Å². The standard InChI is InChI=1S/C20H35BrO12/c1-6-9-10(7-12(27-2)28-3)20(21,18(26)29-4)19(30-5)33-16(9)32-17-15(25)14(24)13(23)11(8-22)31-17/h9-17,19,22-25H,6-8H2,1-5H3/t9-,10+,11-,13-,14+,15-,16-,17+,19-,20+/m1/s1. The zero-order valence-electron chi connectivity index (χ0n) is 19.3. The Hall–Kier alpha value is -0.450. The number of alkyl halides is 1. The third-order valence-electron chi connectivity index (χ3n) is 6.28. The molecule has 2 saturated heterocycles. The van der Waals surface area contributed by atoms with Gasteiger partial charge in [0.25, 0.3) is 0 Å². The number of aliphatic hydroxyl groups excluding tert-OH is 4. The van der Waals surface area contributed by atoms with Crippen LogP contribution >= 0.6 is 15.9 Å². The van der Waals surface area contributed by atoms with Crippen molar-refractivity contribution in [2.75, 3.05) is 35.0 Å². The van der Waals surface area contributed by atoms with E-state index in [0.717, 1.165) is 0 Å². The number of carbonyl (C=O) groups is 1. The highest BCUT2D eigenvalue weighted by atomic mass is 79.9. The molecule has 33 heavy (non-hydrogen) atoms. The Morgan fingerprint density at radius 1 is 1.03 bits per heavy atom. The van der Waals surface area contributed by atoms with E-state index in [1.165, 1.54) is 28.4 Å². The first-order valence-corrected chi connectivity index (χ1v) is 11.4. The highest BCUT2D eigenvalue weighted by Crippen LogP contribution is 2.49. The van der Waals surface area contributed by atoms with Gasteiger partial charge in [-0.05, 0) is 6.42 Å². The normalized spacial score (nSPS) is 41.8. The Morgan fingerprint density at radius 2 is 1.67 bits per heavy atom. The topological polar surface area (TPSA) is 163 Å². The number of hydrogen-bond acceptors (Lipinski definition) is 12. The van der Waals surface area contributed by atoms with Crippen molar-refractivity contribution in [2.24, 2.45) is 11.8 Å². The maximum absolute atomic E-state index is 12.9. The molecule has 0 unspecified atom stereocenters. The molecular formula is C20H35BrO12. The van der Waals surface area contributed by atoms with Gasteiger partial charge in [-0.25, -0.2) is 0 Å². The largest absolute Gasteiger partial charge is 0.468 e. The number of aliphatic hydroxyl groups is 4. The number of rotatable bonds is 10. The van der Waals surface area contributed by atoms with Gasteiger partial charge in [0.15, 0.2) is 29.5 Å². The van der Waals surface area contributed by atoms with Gasteiger partial charge in [0.2, 0.25) is 0 Å². The molecular weight excluding hydrogens is 512 g/mol. The third kappa shape index (κ3) is 5.70. The van der Waals surface area contributed by atoms with Gasteiger partial charge in [-0.3, -0.25) is 4.79 Å². The van der Waals surface area contributed by atoms with E-state index in [-0.39, 0.29) is 6.42 Å². The van der Waals surface area contributed by atoms with E-state index in [9.17, 15) is 25.2 Å². The van der Waals surface area contributed by atoms with Crippen LogP contribution in [0.3, 0.4) is 0 Å². The molecule has 2 aliphatic rings. The van der Waals surface area contributed by atoms with Gasteiger partial charge in [0.05, 0.1) is 13.7 Å². The van der Waals surface area contributed by atoms with Crippen molar-refractivity contribution in [1.82, 2.24) is 0 Å². The highest BCUT2D eigenvalue weighted by Gasteiger charge is 2.61. The summed E-state index contributed by atoms with van der Waals surface area (Å²) in [5.41, 5.74) is 0. The molecule has 2 rings (SSSR count). The van der Waals surface area contributed by atoms with Crippen molar-refractivity contribution in [3.8, 4) is 0 Å². The molecule has 0 aromatic rings. The van der Waals surface area contributed by atoms with Crippen molar-refractivity contribution in [3.05, 3.63) is 0 Å². The summed E-state index contributed by atoms with van der Waals surface area (Å²) in [4.78, 5) is 12.9. The Balaban J connectivity index is 2.40. The van der Waals surface area contributed by atoms with Crippen molar-refractivity contribution in [3.63, 3.8) is 0 Å². The van der Waals surface area contributed by atoms with Crippen molar-refractivity contribution in [2.45, 2.75) is 73.7 Å². The van der Waals surface area contributed by atoms with Crippen molar-refractivity contribution >= 4 is 21.9 Å². The monoisotopic (exact) mass is 546 g/mol. The van der Waals surface area contributed by atoms with Gasteiger partial charge < -0.3 is 53.6 Å². The Kier molecular flexibility index (Phi) is 10.9. The van der Waals surface area contributed by atoms with Gasteiger partial charge in [-0.1, -0.05) is 22.9 Å². The molecule has 0 spiro atoms. The SMILES string of the molecule is CC[C@H]1[C@H](O[C@@H]2O[C@H](CO)[C@@H](O)[C@H](O)[C@H]2O)O[C@@H](OC)[C@@](Br)(C(=O)OC)[C@H]1CC(OC)OC. The van der Waals surface area contributed by atoms with Crippen LogP contribution in [-0.4, -0.2) is 115 Å². The van der Waals surface area contributed by atoms with Gasteiger partial charge in [0, 0.05) is 39.6 Å². The summed E-state index contributed by atoms with van der Waals surface area (Å²) in [5.74, 6) is -1.68. The lowest BCUT2D eigenvalue weighted by molar-refractivity contribution is -0.379. The van der Waals surface area contributed by atoms with Crippen LogP contribution in [0.15, 0.2) is 0 Å². The van der Waals surface area contributed by atoms with Crippen LogP contribution in [-0.2, 0) is 38.0 Å². The fourth-order valence-corrected chi connectivity index (χ4v) is 5.38. The molecule has 194 valence electrons.